The molecular formula is C10H14CaO3. The molecule has 0 heterocycles. The molecule has 0 fully saturated rings. The number of rotatable bonds is 3. The Morgan fingerprint density at radius 1 is 1.21 bits per heavy atom. The molecular weight excluding hydrogens is 208 g/mol. The fraction of sp³-hybridized carbons (Fsp3) is 0.300. The van der Waals surface area contributed by atoms with Crippen LogP contribution < -0.4 is 9.47 Å². The normalized spacial score (nSPS) is 8.71. The van der Waals surface area contributed by atoms with E-state index in [0.717, 1.165) is 5.75 Å². The van der Waals surface area contributed by atoms with Crippen molar-refractivity contribution in [3.8, 4) is 11.5 Å². The quantitative estimate of drug-likeness (QED) is 0.436. The van der Waals surface area contributed by atoms with Crippen LogP contribution in [0.5, 0.6) is 11.5 Å². The summed E-state index contributed by atoms with van der Waals surface area (Å²) in [5.41, 5.74) is 0. The van der Waals surface area contributed by atoms with Crippen LogP contribution >= 0.6 is 0 Å². The minimum absolute atomic E-state index is 0. The third-order valence-corrected chi connectivity index (χ3v) is 1.58. The molecule has 0 radical (unpaired) electrons. The Morgan fingerprint density at radius 2 is 1.71 bits per heavy atom. The van der Waals surface area contributed by atoms with Gasteiger partial charge in [0.1, 0.15) is 11.5 Å². The Labute approximate surface area is 113 Å². The number of ether oxygens (including phenoxy) is 2. The van der Waals surface area contributed by atoms with Crippen LogP contribution in [0.3, 0.4) is 0 Å². The molecule has 1 rings (SSSR count). The SMILES string of the molecule is CCC(=O)Oc1ccc(OC)cc1.[CaH2]. The maximum absolute atomic E-state index is 10.9. The summed E-state index contributed by atoms with van der Waals surface area (Å²) < 4.78 is 9.93. The van der Waals surface area contributed by atoms with E-state index >= 15 is 0 Å². The summed E-state index contributed by atoms with van der Waals surface area (Å²) in [6.45, 7) is 1.76. The molecule has 0 spiro atoms. The van der Waals surface area contributed by atoms with Gasteiger partial charge in [-0.3, -0.25) is 4.79 Å². The molecule has 4 heteroatoms. The molecule has 0 saturated heterocycles. The van der Waals surface area contributed by atoms with E-state index in [1.807, 2.05) is 0 Å². The number of carbonyl (C=O) groups excluding carboxylic acids is 1. The second-order valence-electron chi connectivity index (χ2n) is 2.50. The molecule has 74 valence electrons. The number of esters is 1. The van der Waals surface area contributed by atoms with Gasteiger partial charge in [0.2, 0.25) is 0 Å². The molecule has 0 aromatic heterocycles. The molecule has 0 unspecified atom stereocenters. The molecule has 0 saturated carbocycles. The van der Waals surface area contributed by atoms with Crippen LogP contribution in [0.25, 0.3) is 0 Å². The molecule has 0 aliphatic carbocycles. The summed E-state index contributed by atoms with van der Waals surface area (Å²) >= 11 is 0. The average molecular weight is 222 g/mol. The third-order valence-electron chi connectivity index (χ3n) is 1.58. The van der Waals surface area contributed by atoms with Crippen LogP contribution in [0.4, 0.5) is 0 Å². The van der Waals surface area contributed by atoms with Crippen molar-refractivity contribution < 1.29 is 14.3 Å². The predicted molar refractivity (Wildman–Crippen MR) is 57.5 cm³/mol. The summed E-state index contributed by atoms with van der Waals surface area (Å²) in [5.74, 6) is 1.06. The first-order valence-corrected chi connectivity index (χ1v) is 4.11. The van der Waals surface area contributed by atoms with Gasteiger partial charge in [0.05, 0.1) is 7.11 Å². The zero-order valence-electron chi connectivity index (χ0n) is 7.74. The Morgan fingerprint density at radius 3 is 2.14 bits per heavy atom. The van der Waals surface area contributed by atoms with E-state index in [-0.39, 0.29) is 43.7 Å². The van der Waals surface area contributed by atoms with E-state index in [9.17, 15) is 4.79 Å². The maximum atomic E-state index is 10.9. The fourth-order valence-corrected chi connectivity index (χ4v) is 0.847. The van der Waals surface area contributed by atoms with Crippen LogP contribution in [0, 0.1) is 0 Å². The van der Waals surface area contributed by atoms with Crippen molar-refractivity contribution in [2.45, 2.75) is 13.3 Å². The topological polar surface area (TPSA) is 35.5 Å². The van der Waals surface area contributed by atoms with Crippen molar-refractivity contribution >= 4 is 43.7 Å². The monoisotopic (exact) mass is 222 g/mol. The van der Waals surface area contributed by atoms with Gasteiger partial charge in [0, 0.05) is 6.42 Å². The Balaban J connectivity index is 0.00000169. The van der Waals surface area contributed by atoms with Crippen LogP contribution in [0.2, 0.25) is 0 Å². The summed E-state index contributed by atoms with van der Waals surface area (Å²) in [5, 5.41) is 0. The van der Waals surface area contributed by atoms with Gasteiger partial charge < -0.3 is 9.47 Å². The van der Waals surface area contributed by atoms with Crippen molar-refractivity contribution in [2.24, 2.45) is 0 Å². The summed E-state index contributed by atoms with van der Waals surface area (Å²) in [6, 6.07) is 6.90. The second-order valence-corrected chi connectivity index (χ2v) is 2.50. The molecule has 1 aromatic rings. The number of carbonyl (C=O) groups is 1. The van der Waals surface area contributed by atoms with E-state index < -0.39 is 0 Å². The standard InChI is InChI=1S/C10H12O3.Ca.2H/c1-3-10(11)13-9-6-4-8(12-2)5-7-9;;;/h4-7H,3H2,1-2H3;;;. The molecule has 14 heavy (non-hydrogen) atoms. The van der Waals surface area contributed by atoms with Gasteiger partial charge in [0.15, 0.2) is 0 Å². The van der Waals surface area contributed by atoms with Crippen molar-refractivity contribution in [3.63, 3.8) is 0 Å². The van der Waals surface area contributed by atoms with Crippen LogP contribution in [-0.4, -0.2) is 50.8 Å². The molecule has 0 amide bonds. The van der Waals surface area contributed by atoms with Gasteiger partial charge in [-0.15, -0.1) is 0 Å². The molecule has 0 atom stereocenters. The number of methoxy groups -OCH3 is 1. The summed E-state index contributed by atoms with van der Waals surface area (Å²) in [4.78, 5) is 10.9. The predicted octanol–water partition coefficient (Wildman–Crippen LogP) is 1.09. The van der Waals surface area contributed by atoms with Crippen molar-refractivity contribution in [1.29, 1.82) is 0 Å². The Bertz CT molecular complexity index is 282. The van der Waals surface area contributed by atoms with Gasteiger partial charge in [-0.2, -0.15) is 0 Å². The van der Waals surface area contributed by atoms with Gasteiger partial charge in [-0.05, 0) is 24.3 Å². The number of benzene rings is 1. The van der Waals surface area contributed by atoms with Gasteiger partial charge >= 0.3 is 43.7 Å². The van der Waals surface area contributed by atoms with E-state index in [4.69, 9.17) is 9.47 Å². The first-order chi connectivity index (χ1) is 6.26. The van der Waals surface area contributed by atoms with Crippen molar-refractivity contribution in [2.75, 3.05) is 7.11 Å². The zero-order chi connectivity index (χ0) is 9.68. The molecule has 1 aromatic carbocycles. The minimum atomic E-state index is -0.231. The Hall–Kier alpha value is -0.250. The second kappa shape index (κ2) is 7.10. The summed E-state index contributed by atoms with van der Waals surface area (Å²) in [7, 11) is 1.59. The van der Waals surface area contributed by atoms with Crippen molar-refractivity contribution in [1.82, 2.24) is 0 Å². The first kappa shape index (κ1) is 13.7. The van der Waals surface area contributed by atoms with Crippen LogP contribution in [-0.2, 0) is 4.79 Å². The molecule has 0 aliphatic rings. The van der Waals surface area contributed by atoms with Gasteiger partial charge in [-0.1, -0.05) is 6.92 Å². The molecule has 0 N–H and O–H groups in total. The fourth-order valence-electron chi connectivity index (χ4n) is 0.847. The molecule has 0 aliphatic heterocycles. The zero-order valence-corrected chi connectivity index (χ0v) is 7.74. The molecule has 0 bridgehead atoms. The van der Waals surface area contributed by atoms with Crippen LogP contribution in [0.15, 0.2) is 24.3 Å². The van der Waals surface area contributed by atoms with Gasteiger partial charge in [0.25, 0.3) is 0 Å². The first-order valence-electron chi connectivity index (χ1n) is 4.11. The van der Waals surface area contributed by atoms with E-state index in [1.54, 1.807) is 38.3 Å². The van der Waals surface area contributed by atoms with Gasteiger partial charge in [-0.25, -0.2) is 0 Å². The van der Waals surface area contributed by atoms with Crippen LogP contribution in [0.1, 0.15) is 13.3 Å². The third kappa shape index (κ3) is 4.31. The average Bonchev–Trinajstić information content (AvgIpc) is 2.19. The number of hydrogen-bond donors (Lipinski definition) is 0. The number of hydrogen-bond acceptors (Lipinski definition) is 3. The molecule has 3 nitrogen and oxygen atoms in total. The Kier molecular flexibility index (Phi) is 6.97. The summed E-state index contributed by atoms with van der Waals surface area (Å²) in [6.07, 6.45) is 0.381. The van der Waals surface area contributed by atoms with E-state index in [1.165, 1.54) is 0 Å². The van der Waals surface area contributed by atoms with E-state index in [2.05, 4.69) is 0 Å². The van der Waals surface area contributed by atoms with E-state index in [0.29, 0.717) is 12.2 Å². The van der Waals surface area contributed by atoms with Crippen molar-refractivity contribution in [3.05, 3.63) is 24.3 Å².